The van der Waals surface area contributed by atoms with Crippen LogP contribution in [-0.4, -0.2) is 30.8 Å². The van der Waals surface area contributed by atoms with Gasteiger partial charge < -0.3 is 10.1 Å². The Labute approximate surface area is 241 Å². The highest BCUT2D eigenvalue weighted by Crippen LogP contribution is 2.32. The zero-order valence-corrected chi connectivity index (χ0v) is 24.7. The molecule has 9 heteroatoms. The third-order valence-corrected chi connectivity index (χ3v) is 8.19. The molecule has 1 aromatic heterocycles. The molecule has 2 heterocycles. The standard InChI is InChI=1S/C32H34N4O4S/c1-20-8-6-9-21(2)29(20)26-17-28-35-31(34-26)36-41(38,39)25-11-7-10-24(16-25)30(37)33-19-27(40-28)23-14-12-22(13-15-23)18-32(3,4)5/h6-17,27H,18-19H2,1-5H3,(H,33,37)(H,34,35,36). The molecule has 1 amide bonds. The number of amides is 1. The van der Waals surface area contributed by atoms with Gasteiger partial charge in [-0.05, 0) is 66.1 Å². The van der Waals surface area contributed by atoms with Gasteiger partial charge >= 0.3 is 0 Å². The molecule has 4 aromatic rings. The van der Waals surface area contributed by atoms with Crippen molar-refractivity contribution in [3.8, 4) is 17.1 Å². The van der Waals surface area contributed by atoms with Gasteiger partial charge in [0.05, 0.1) is 17.1 Å². The van der Waals surface area contributed by atoms with Gasteiger partial charge in [0.15, 0.2) is 0 Å². The Morgan fingerprint density at radius 3 is 2.29 bits per heavy atom. The van der Waals surface area contributed by atoms with E-state index in [1.807, 2.05) is 44.2 Å². The zero-order chi connectivity index (χ0) is 29.4. The van der Waals surface area contributed by atoms with Crippen molar-refractivity contribution in [2.45, 2.75) is 52.0 Å². The quantitative estimate of drug-likeness (QED) is 0.312. The number of hydrogen-bond acceptors (Lipinski definition) is 6. The molecule has 0 radical (unpaired) electrons. The van der Waals surface area contributed by atoms with E-state index >= 15 is 0 Å². The van der Waals surface area contributed by atoms with Crippen molar-refractivity contribution in [2.75, 3.05) is 11.3 Å². The maximum atomic E-state index is 13.3. The van der Waals surface area contributed by atoms with Crippen molar-refractivity contribution in [2.24, 2.45) is 5.41 Å². The van der Waals surface area contributed by atoms with Crippen molar-refractivity contribution in [3.63, 3.8) is 0 Å². The van der Waals surface area contributed by atoms with Gasteiger partial charge in [-0.1, -0.05) is 69.3 Å². The molecule has 212 valence electrons. The van der Waals surface area contributed by atoms with E-state index in [4.69, 9.17) is 4.74 Å². The number of fused-ring (bicyclic) bond motifs is 4. The first-order chi connectivity index (χ1) is 19.4. The van der Waals surface area contributed by atoms with Crippen molar-refractivity contribution < 1.29 is 17.9 Å². The highest BCUT2D eigenvalue weighted by Gasteiger charge is 2.24. The molecule has 0 saturated carbocycles. The topological polar surface area (TPSA) is 110 Å². The van der Waals surface area contributed by atoms with E-state index < -0.39 is 22.0 Å². The number of ether oxygens (including phenoxy) is 1. The average molecular weight is 571 g/mol. The Hall–Kier alpha value is -4.24. The first-order valence-corrected chi connectivity index (χ1v) is 15.0. The van der Waals surface area contributed by atoms with Crippen molar-refractivity contribution in [1.82, 2.24) is 15.3 Å². The summed E-state index contributed by atoms with van der Waals surface area (Å²) in [6.07, 6.45) is 0.317. The Balaban J connectivity index is 1.63. The van der Waals surface area contributed by atoms with E-state index in [1.54, 1.807) is 12.1 Å². The largest absolute Gasteiger partial charge is 0.467 e. The van der Waals surface area contributed by atoms with Crippen molar-refractivity contribution in [3.05, 3.63) is 101 Å². The Bertz CT molecular complexity index is 1690. The summed E-state index contributed by atoms with van der Waals surface area (Å²) in [6.45, 7) is 10.7. The lowest BCUT2D eigenvalue weighted by molar-refractivity contribution is 0.0925. The van der Waals surface area contributed by atoms with Crippen molar-refractivity contribution >= 4 is 21.9 Å². The number of carbonyl (C=O) groups excluding carboxylic acids is 1. The van der Waals surface area contributed by atoms with Crippen LogP contribution in [0, 0.1) is 19.3 Å². The molecular formula is C32H34N4O4S. The van der Waals surface area contributed by atoms with Gasteiger partial charge in [0, 0.05) is 17.2 Å². The van der Waals surface area contributed by atoms with Gasteiger partial charge in [-0.2, -0.15) is 4.98 Å². The van der Waals surface area contributed by atoms with Gasteiger partial charge in [-0.3, -0.25) is 4.79 Å². The second-order valence-electron chi connectivity index (χ2n) is 11.6. The van der Waals surface area contributed by atoms with Crippen LogP contribution in [-0.2, 0) is 16.4 Å². The van der Waals surface area contributed by atoms with Crippen LogP contribution >= 0.6 is 0 Å². The molecule has 1 unspecified atom stereocenters. The third kappa shape index (κ3) is 6.57. The second kappa shape index (κ2) is 11.0. The van der Waals surface area contributed by atoms with Crippen LogP contribution in [0.1, 0.15) is 59.5 Å². The van der Waals surface area contributed by atoms with E-state index in [2.05, 4.69) is 52.9 Å². The molecule has 3 aromatic carbocycles. The first-order valence-electron chi connectivity index (χ1n) is 13.5. The predicted molar refractivity (Wildman–Crippen MR) is 159 cm³/mol. The number of rotatable bonds is 3. The zero-order valence-electron chi connectivity index (χ0n) is 23.9. The van der Waals surface area contributed by atoms with Crippen LogP contribution in [0.25, 0.3) is 11.3 Å². The fourth-order valence-corrected chi connectivity index (χ4v) is 5.97. The summed E-state index contributed by atoms with van der Waals surface area (Å²) in [7, 11) is -4.10. The van der Waals surface area contributed by atoms with Gasteiger partial charge in [-0.15, -0.1) is 0 Å². The number of anilines is 1. The molecular weight excluding hydrogens is 536 g/mol. The number of nitrogens with one attached hydrogen (secondary N) is 2. The minimum atomic E-state index is -4.10. The van der Waals surface area contributed by atoms with Crippen LogP contribution < -0.4 is 14.8 Å². The monoisotopic (exact) mass is 570 g/mol. The maximum absolute atomic E-state index is 13.3. The summed E-state index contributed by atoms with van der Waals surface area (Å²) < 4.78 is 35.5. The minimum absolute atomic E-state index is 0.0704. The van der Waals surface area contributed by atoms with E-state index in [-0.39, 0.29) is 34.2 Å². The molecule has 41 heavy (non-hydrogen) atoms. The lowest BCUT2D eigenvalue weighted by atomic mass is 9.88. The number of aryl methyl sites for hydroxylation is 2. The molecule has 1 aliphatic heterocycles. The van der Waals surface area contributed by atoms with Gasteiger partial charge in [0.1, 0.15) is 6.10 Å². The van der Waals surface area contributed by atoms with Crippen LogP contribution in [0.15, 0.2) is 77.7 Å². The fraction of sp³-hybridized carbons (Fsp3) is 0.281. The van der Waals surface area contributed by atoms with Gasteiger partial charge in [0.25, 0.3) is 15.9 Å². The predicted octanol–water partition coefficient (Wildman–Crippen LogP) is 6.01. The second-order valence-corrected chi connectivity index (χ2v) is 13.3. The number of sulfonamides is 1. The van der Waals surface area contributed by atoms with E-state index in [1.165, 1.54) is 23.8 Å². The van der Waals surface area contributed by atoms with Gasteiger partial charge in [-0.25, -0.2) is 18.1 Å². The molecule has 5 rings (SSSR count). The Morgan fingerprint density at radius 2 is 1.61 bits per heavy atom. The summed E-state index contributed by atoms with van der Waals surface area (Å²) in [5.41, 5.74) is 5.75. The van der Waals surface area contributed by atoms with E-state index in [0.29, 0.717) is 5.69 Å². The molecule has 1 aliphatic rings. The van der Waals surface area contributed by atoms with Crippen LogP contribution in [0.2, 0.25) is 0 Å². The highest BCUT2D eigenvalue weighted by atomic mass is 32.2. The Morgan fingerprint density at radius 1 is 0.927 bits per heavy atom. The first kappa shape index (κ1) is 28.3. The molecule has 0 spiro atoms. The van der Waals surface area contributed by atoms with Crippen molar-refractivity contribution in [1.29, 1.82) is 0 Å². The fourth-order valence-electron chi connectivity index (χ4n) is 4.98. The average Bonchev–Trinajstić information content (AvgIpc) is 2.90. The SMILES string of the molecule is Cc1cccc(C)c1-c1cc2nc(n1)NS(=O)(=O)c1cccc(c1)C(=O)NCC(c1ccc(CC(C)(C)C)cc1)O2. The summed E-state index contributed by atoms with van der Waals surface area (Å²) >= 11 is 0. The molecule has 8 nitrogen and oxygen atoms in total. The van der Waals surface area contributed by atoms with Gasteiger partial charge in [0.2, 0.25) is 11.8 Å². The van der Waals surface area contributed by atoms with Crippen LogP contribution in [0.4, 0.5) is 5.95 Å². The minimum Gasteiger partial charge on any atom is -0.467 e. The maximum Gasteiger partial charge on any atom is 0.264 e. The van der Waals surface area contributed by atoms with E-state index in [0.717, 1.165) is 28.7 Å². The lowest BCUT2D eigenvalue weighted by Gasteiger charge is -2.22. The number of nitrogens with zero attached hydrogens (tertiary/aromatic N) is 2. The van der Waals surface area contributed by atoms with Crippen LogP contribution in [0.3, 0.4) is 0 Å². The molecule has 4 bridgehead atoms. The summed E-state index contributed by atoms with van der Waals surface area (Å²) in [5.74, 6) is -0.351. The number of carbonyl (C=O) groups is 1. The number of hydrogen-bond donors (Lipinski definition) is 2. The lowest BCUT2D eigenvalue weighted by Crippen LogP contribution is -2.31. The number of benzene rings is 3. The molecule has 2 N–H and O–H groups in total. The number of aromatic nitrogens is 2. The normalized spacial score (nSPS) is 16.7. The molecule has 1 atom stereocenters. The summed E-state index contributed by atoms with van der Waals surface area (Å²) in [6, 6.07) is 21.6. The van der Waals surface area contributed by atoms with Crippen LogP contribution in [0.5, 0.6) is 5.88 Å². The molecule has 0 fully saturated rings. The summed E-state index contributed by atoms with van der Waals surface area (Å²) in [4.78, 5) is 22.0. The van der Waals surface area contributed by atoms with E-state index in [9.17, 15) is 13.2 Å². The smallest absolute Gasteiger partial charge is 0.264 e. The molecule has 0 aliphatic carbocycles. The third-order valence-electron chi connectivity index (χ3n) is 6.87. The molecule has 0 saturated heterocycles. The summed E-state index contributed by atoms with van der Waals surface area (Å²) in [5, 5.41) is 2.91. The Kier molecular flexibility index (Phi) is 7.57. The highest BCUT2D eigenvalue weighted by molar-refractivity contribution is 7.92.